The molecule has 0 saturated heterocycles. The third kappa shape index (κ3) is 3.04. The highest BCUT2D eigenvalue weighted by Gasteiger charge is 2.22. The first-order valence-corrected chi connectivity index (χ1v) is 8.75. The lowest BCUT2D eigenvalue weighted by Gasteiger charge is -2.26. The Hall–Kier alpha value is -2.62. The second kappa shape index (κ2) is 6.36. The molecule has 1 amide bonds. The molecular formula is C21H21FN2O. The fraction of sp³-hybridized carbons (Fsp3) is 0.286. The van der Waals surface area contributed by atoms with Crippen LogP contribution in [0.15, 0.2) is 42.5 Å². The molecule has 1 aromatic heterocycles. The van der Waals surface area contributed by atoms with Crippen molar-refractivity contribution in [2.24, 2.45) is 0 Å². The van der Waals surface area contributed by atoms with Gasteiger partial charge < -0.3 is 10.3 Å². The molecule has 2 aromatic carbocycles. The van der Waals surface area contributed by atoms with Crippen LogP contribution < -0.4 is 5.32 Å². The fourth-order valence-corrected chi connectivity index (χ4v) is 3.89. The van der Waals surface area contributed by atoms with Crippen LogP contribution in [0.2, 0.25) is 0 Å². The molecule has 1 aliphatic carbocycles. The number of aromatic nitrogens is 1. The molecule has 4 heteroatoms. The molecule has 0 spiro atoms. The predicted octanol–water partition coefficient (Wildman–Crippen LogP) is 4.35. The van der Waals surface area contributed by atoms with Crippen LogP contribution in [0.3, 0.4) is 0 Å². The summed E-state index contributed by atoms with van der Waals surface area (Å²) in [6.45, 7) is 1.93. The van der Waals surface area contributed by atoms with E-state index in [1.165, 1.54) is 23.3 Å². The van der Waals surface area contributed by atoms with E-state index < -0.39 is 0 Å². The Morgan fingerprint density at radius 2 is 2.12 bits per heavy atom. The number of hydrogen-bond donors (Lipinski definition) is 2. The molecule has 2 N–H and O–H groups in total. The van der Waals surface area contributed by atoms with Crippen molar-refractivity contribution < 1.29 is 9.18 Å². The number of fused-ring (bicyclic) bond motifs is 2. The normalized spacial score (nSPS) is 16.6. The number of aromatic amines is 1. The van der Waals surface area contributed by atoms with Crippen LogP contribution in [-0.4, -0.2) is 10.9 Å². The maximum atomic E-state index is 13.6. The van der Waals surface area contributed by atoms with Crippen molar-refractivity contribution in [1.82, 2.24) is 10.3 Å². The summed E-state index contributed by atoms with van der Waals surface area (Å²) in [7, 11) is 0. The Kier molecular flexibility index (Phi) is 4.04. The highest BCUT2D eigenvalue weighted by atomic mass is 19.1. The van der Waals surface area contributed by atoms with E-state index in [2.05, 4.69) is 22.4 Å². The zero-order valence-corrected chi connectivity index (χ0v) is 14.2. The number of carbonyl (C=O) groups excluding carboxylic acids is 1. The smallest absolute Gasteiger partial charge is 0.224 e. The summed E-state index contributed by atoms with van der Waals surface area (Å²) in [6.07, 6.45) is 3.38. The Balaban J connectivity index is 1.56. The summed E-state index contributed by atoms with van der Waals surface area (Å²) in [5, 5.41) is 3.96. The van der Waals surface area contributed by atoms with Gasteiger partial charge in [-0.2, -0.15) is 0 Å². The van der Waals surface area contributed by atoms with Crippen molar-refractivity contribution in [2.75, 3.05) is 0 Å². The van der Waals surface area contributed by atoms with Crippen LogP contribution in [0.5, 0.6) is 0 Å². The molecular weight excluding hydrogens is 315 g/mol. The van der Waals surface area contributed by atoms with Crippen LogP contribution in [0, 0.1) is 12.7 Å². The average molecular weight is 336 g/mol. The van der Waals surface area contributed by atoms with Crippen molar-refractivity contribution in [3.8, 4) is 0 Å². The van der Waals surface area contributed by atoms with E-state index in [9.17, 15) is 9.18 Å². The maximum absolute atomic E-state index is 13.6. The zero-order valence-electron chi connectivity index (χ0n) is 14.2. The predicted molar refractivity (Wildman–Crippen MR) is 97.0 cm³/mol. The van der Waals surface area contributed by atoms with Crippen molar-refractivity contribution in [3.63, 3.8) is 0 Å². The van der Waals surface area contributed by atoms with Crippen LogP contribution >= 0.6 is 0 Å². The Morgan fingerprint density at radius 1 is 1.28 bits per heavy atom. The average Bonchev–Trinajstić information content (AvgIpc) is 2.90. The van der Waals surface area contributed by atoms with Crippen LogP contribution in [0.25, 0.3) is 10.9 Å². The maximum Gasteiger partial charge on any atom is 0.224 e. The molecule has 0 bridgehead atoms. The molecule has 0 fully saturated rings. The monoisotopic (exact) mass is 336 g/mol. The quantitative estimate of drug-likeness (QED) is 0.734. The minimum atomic E-state index is -0.283. The van der Waals surface area contributed by atoms with E-state index in [0.29, 0.717) is 0 Å². The van der Waals surface area contributed by atoms with Crippen LogP contribution in [0.4, 0.5) is 4.39 Å². The molecule has 1 atom stereocenters. The molecule has 25 heavy (non-hydrogen) atoms. The fourth-order valence-electron chi connectivity index (χ4n) is 3.89. The number of carbonyl (C=O) groups is 1. The molecule has 4 rings (SSSR count). The number of halogens is 1. The first-order valence-electron chi connectivity index (χ1n) is 8.75. The van der Waals surface area contributed by atoms with Gasteiger partial charge in [-0.3, -0.25) is 4.79 Å². The van der Waals surface area contributed by atoms with Crippen molar-refractivity contribution in [3.05, 3.63) is 70.7 Å². The molecule has 128 valence electrons. The summed E-state index contributed by atoms with van der Waals surface area (Å²) in [5.74, 6) is -0.302. The lowest BCUT2D eigenvalue weighted by molar-refractivity contribution is -0.121. The summed E-state index contributed by atoms with van der Waals surface area (Å²) in [6, 6.07) is 13.0. The number of hydrogen-bond acceptors (Lipinski definition) is 1. The largest absolute Gasteiger partial charge is 0.358 e. The molecule has 0 radical (unpaired) electrons. The standard InChI is InChI=1S/C21H21FN2O/c1-13-17(18-11-15(22)9-10-20(18)23-13)12-21(25)24-19-8-4-6-14-5-2-3-7-16(14)19/h2-3,5,7,9-11,19,23H,4,6,8,12H2,1H3,(H,24,25). The summed E-state index contributed by atoms with van der Waals surface area (Å²) in [5.41, 5.74) is 5.20. The van der Waals surface area contributed by atoms with Gasteiger partial charge in [0.2, 0.25) is 5.91 Å². The van der Waals surface area contributed by atoms with Crippen LogP contribution in [-0.2, 0) is 17.6 Å². The zero-order chi connectivity index (χ0) is 17.4. The van der Waals surface area contributed by atoms with Gasteiger partial charge in [-0.15, -0.1) is 0 Å². The molecule has 0 saturated carbocycles. The molecule has 0 aliphatic heterocycles. The molecule has 3 aromatic rings. The summed E-state index contributed by atoms with van der Waals surface area (Å²) >= 11 is 0. The third-order valence-electron chi connectivity index (χ3n) is 5.12. The van der Waals surface area contributed by atoms with Gasteiger partial charge >= 0.3 is 0 Å². The van der Waals surface area contributed by atoms with Gasteiger partial charge in [-0.1, -0.05) is 24.3 Å². The van der Waals surface area contributed by atoms with Gasteiger partial charge in [0.25, 0.3) is 0 Å². The van der Waals surface area contributed by atoms with Gasteiger partial charge in [0.1, 0.15) is 5.82 Å². The SMILES string of the molecule is Cc1[nH]c2ccc(F)cc2c1CC(=O)NC1CCCc2ccccc21. The first-order chi connectivity index (χ1) is 12.1. The van der Waals surface area contributed by atoms with Crippen molar-refractivity contribution in [2.45, 2.75) is 38.6 Å². The molecule has 1 aliphatic rings. The number of amides is 1. The Morgan fingerprint density at radius 3 is 3.00 bits per heavy atom. The van der Waals surface area contributed by atoms with E-state index in [0.717, 1.165) is 41.4 Å². The minimum absolute atomic E-state index is 0.0186. The highest BCUT2D eigenvalue weighted by Crippen LogP contribution is 2.30. The van der Waals surface area contributed by atoms with Gasteiger partial charge in [0.05, 0.1) is 12.5 Å². The number of aryl methyl sites for hydroxylation is 2. The molecule has 1 unspecified atom stereocenters. The topological polar surface area (TPSA) is 44.9 Å². The third-order valence-corrected chi connectivity index (χ3v) is 5.12. The van der Waals surface area contributed by atoms with E-state index in [1.54, 1.807) is 6.07 Å². The highest BCUT2D eigenvalue weighted by molar-refractivity contribution is 5.90. The molecule has 3 nitrogen and oxygen atoms in total. The van der Waals surface area contributed by atoms with Crippen molar-refractivity contribution >= 4 is 16.8 Å². The number of H-pyrrole nitrogens is 1. The van der Waals surface area contributed by atoms with E-state index >= 15 is 0 Å². The van der Waals surface area contributed by atoms with E-state index in [4.69, 9.17) is 0 Å². The van der Waals surface area contributed by atoms with E-state index in [1.807, 2.05) is 19.1 Å². The van der Waals surface area contributed by atoms with Gasteiger partial charge in [0.15, 0.2) is 0 Å². The van der Waals surface area contributed by atoms with Gasteiger partial charge in [-0.05, 0) is 61.1 Å². The second-order valence-electron chi connectivity index (χ2n) is 6.81. The van der Waals surface area contributed by atoms with Gasteiger partial charge in [-0.25, -0.2) is 4.39 Å². The Bertz CT molecular complexity index is 944. The lowest BCUT2D eigenvalue weighted by atomic mass is 9.87. The van der Waals surface area contributed by atoms with Crippen LogP contribution in [0.1, 0.15) is 41.3 Å². The van der Waals surface area contributed by atoms with Gasteiger partial charge in [0, 0.05) is 16.6 Å². The van der Waals surface area contributed by atoms with E-state index in [-0.39, 0.29) is 24.2 Å². The number of nitrogens with one attached hydrogen (secondary N) is 2. The Labute approximate surface area is 146 Å². The second-order valence-corrected chi connectivity index (χ2v) is 6.81. The number of rotatable bonds is 3. The summed E-state index contributed by atoms with van der Waals surface area (Å²) in [4.78, 5) is 15.9. The molecule has 1 heterocycles. The lowest BCUT2D eigenvalue weighted by Crippen LogP contribution is -2.32. The van der Waals surface area contributed by atoms with Crippen molar-refractivity contribution in [1.29, 1.82) is 0 Å². The first kappa shape index (κ1) is 15.9. The summed E-state index contributed by atoms with van der Waals surface area (Å²) < 4.78 is 13.6. The number of benzene rings is 2. The minimum Gasteiger partial charge on any atom is -0.358 e.